The van der Waals surface area contributed by atoms with Crippen LogP contribution in [-0.2, 0) is 14.9 Å². The number of aryl methyl sites for hydroxylation is 2. The number of fused-ring (bicyclic) bond motifs is 3. The van der Waals surface area contributed by atoms with Gasteiger partial charge in [-0.2, -0.15) is 0 Å². The Morgan fingerprint density at radius 2 is 1.58 bits per heavy atom. The largest absolute Gasteiger partial charge is 0.468 e. The van der Waals surface area contributed by atoms with Crippen LogP contribution in [0.1, 0.15) is 85.1 Å². The fourth-order valence-electron chi connectivity index (χ4n) is 9.13. The molecule has 3 aliphatic rings. The van der Waals surface area contributed by atoms with Gasteiger partial charge in [0.05, 0.1) is 18.1 Å². The zero-order chi connectivity index (χ0) is 31.1. The Hall–Kier alpha value is -3.48. The summed E-state index contributed by atoms with van der Waals surface area (Å²) in [7, 11) is 1.52. The number of carbonyl (C=O) groups is 1. The number of aromatic nitrogens is 2. The molecular weight excluding hydrogens is 556 g/mol. The summed E-state index contributed by atoms with van der Waals surface area (Å²) in [6, 6.07) is 27.6. The number of benzene rings is 3. The molecule has 1 aromatic heterocycles. The number of nitrogens with zero attached hydrogens (tertiary/aromatic N) is 4. The monoisotopic (exact) mass is 604 g/mol. The zero-order valence-electron chi connectivity index (χ0n) is 27.4. The average Bonchev–Trinajstić information content (AvgIpc) is 3.53. The number of methoxy groups -OCH3 is 1. The van der Waals surface area contributed by atoms with Crippen molar-refractivity contribution in [3.8, 4) is 0 Å². The molecule has 7 rings (SSSR count). The lowest BCUT2D eigenvalue weighted by Gasteiger charge is -2.47. The van der Waals surface area contributed by atoms with Crippen molar-refractivity contribution in [3.63, 3.8) is 0 Å². The highest BCUT2D eigenvalue weighted by atomic mass is 16.5. The molecule has 0 N–H and O–H groups in total. The quantitative estimate of drug-likeness (QED) is 0.195. The van der Waals surface area contributed by atoms with Gasteiger partial charge in [0.15, 0.2) is 0 Å². The van der Waals surface area contributed by atoms with Crippen LogP contribution in [0.5, 0.6) is 0 Å². The predicted octanol–water partition coefficient (Wildman–Crippen LogP) is 7.47. The lowest BCUT2D eigenvalue weighted by atomic mass is 9.70. The fraction of sp³-hybridized carbons (Fsp3) is 0.487. The van der Waals surface area contributed by atoms with Crippen molar-refractivity contribution in [2.45, 2.75) is 95.3 Å². The molecule has 6 heteroatoms. The first-order chi connectivity index (χ1) is 21.9. The molecule has 3 unspecified atom stereocenters. The number of imidazole rings is 1. The Balaban J connectivity index is 1.09. The molecule has 3 aromatic carbocycles. The number of para-hydroxylation sites is 2. The van der Waals surface area contributed by atoms with E-state index in [1.807, 2.05) is 0 Å². The second kappa shape index (κ2) is 12.4. The Morgan fingerprint density at radius 1 is 0.889 bits per heavy atom. The van der Waals surface area contributed by atoms with E-state index in [2.05, 4.69) is 108 Å². The molecular formula is C39H48N4O2. The van der Waals surface area contributed by atoms with Gasteiger partial charge in [-0.25, -0.2) is 9.78 Å². The summed E-state index contributed by atoms with van der Waals surface area (Å²) in [5.74, 6) is 0.992. The minimum Gasteiger partial charge on any atom is -0.468 e. The third-order valence-electron chi connectivity index (χ3n) is 11.7. The molecule has 0 spiro atoms. The highest BCUT2D eigenvalue weighted by Gasteiger charge is 2.45. The van der Waals surface area contributed by atoms with Crippen LogP contribution >= 0.6 is 0 Å². The molecule has 0 radical (unpaired) electrons. The normalized spacial score (nSPS) is 24.1. The summed E-state index contributed by atoms with van der Waals surface area (Å²) in [6.45, 7) is 9.33. The minimum absolute atomic E-state index is 0.105. The van der Waals surface area contributed by atoms with Gasteiger partial charge in [0.1, 0.15) is 11.9 Å². The lowest BCUT2D eigenvalue weighted by Crippen LogP contribution is -2.49. The molecule has 0 amide bonds. The van der Waals surface area contributed by atoms with Gasteiger partial charge < -0.3 is 9.30 Å². The second-order valence-corrected chi connectivity index (χ2v) is 13.9. The maximum atomic E-state index is 13.2. The molecule has 3 saturated heterocycles. The van der Waals surface area contributed by atoms with E-state index < -0.39 is 0 Å². The molecule has 4 heterocycles. The van der Waals surface area contributed by atoms with Crippen molar-refractivity contribution >= 4 is 17.0 Å². The topological polar surface area (TPSA) is 50.6 Å². The van der Waals surface area contributed by atoms with Crippen LogP contribution in [-0.4, -0.2) is 64.1 Å². The van der Waals surface area contributed by atoms with E-state index in [0.717, 1.165) is 55.8 Å². The van der Waals surface area contributed by atoms with Crippen LogP contribution in [0.4, 0.5) is 0 Å². The maximum absolute atomic E-state index is 13.2. The van der Waals surface area contributed by atoms with Crippen molar-refractivity contribution in [3.05, 3.63) is 101 Å². The van der Waals surface area contributed by atoms with Crippen molar-refractivity contribution in [1.29, 1.82) is 0 Å². The van der Waals surface area contributed by atoms with Crippen LogP contribution in [0.15, 0.2) is 72.8 Å². The highest BCUT2D eigenvalue weighted by molar-refractivity contribution is 5.78. The van der Waals surface area contributed by atoms with Crippen molar-refractivity contribution in [2.24, 2.45) is 0 Å². The summed E-state index contributed by atoms with van der Waals surface area (Å²) in [5.41, 5.74) is 7.44. The van der Waals surface area contributed by atoms with E-state index in [-0.39, 0.29) is 17.4 Å². The van der Waals surface area contributed by atoms with E-state index in [1.165, 1.54) is 55.0 Å². The Bertz CT molecular complexity index is 1640. The molecule has 45 heavy (non-hydrogen) atoms. The Morgan fingerprint density at radius 3 is 2.29 bits per heavy atom. The first-order valence-corrected chi connectivity index (χ1v) is 17.0. The molecule has 3 atom stereocenters. The molecule has 2 bridgehead atoms. The molecule has 3 fully saturated rings. The van der Waals surface area contributed by atoms with Crippen molar-refractivity contribution in [2.75, 3.05) is 26.7 Å². The van der Waals surface area contributed by atoms with Gasteiger partial charge in [0, 0.05) is 31.2 Å². The van der Waals surface area contributed by atoms with E-state index in [9.17, 15) is 4.79 Å². The van der Waals surface area contributed by atoms with E-state index >= 15 is 0 Å². The van der Waals surface area contributed by atoms with Gasteiger partial charge in [-0.05, 0) is 112 Å². The van der Waals surface area contributed by atoms with Crippen LogP contribution in [0.25, 0.3) is 11.0 Å². The SMILES string of the molecule is COC(=O)C(c1cccc(C)c1C)N1CCC(CCN2C3CCC2CC(n2c(C)nc4ccccc42)C3)(c2ccccc2)CC1. The van der Waals surface area contributed by atoms with E-state index in [0.29, 0.717) is 18.1 Å². The number of esters is 1. The maximum Gasteiger partial charge on any atom is 0.327 e. The number of carbonyl (C=O) groups excluding carboxylic acids is 1. The van der Waals surface area contributed by atoms with Gasteiger partial charge >= 0.3 is 5.97 Å². The van der Waals surface area contributed by atoms with Crippen LogP contribution < -0.4 is 0 Å². The van der Waals surface area contributed by atoms with Crippen LogP contribution in [0, 0.1) is 20.8 Å². The predicted molar refractivity (Wildman–Crippen MR) is 180 cm³/mol. The van der Waals surface area contributed by atoms with Crippen LogP contribution in [0.3, 0.4) is 0 Å². The molecule has 236 valence electrons. The summed E-state index contributed by atoms with van der Waals surface area (Å²) >= 11 is 0. The second-order valence-electron chi connectivity index (χ2n) is 13.9. The smallest absolute Gasteiger partial charge is 0.327 e. The van der Waals surface area contributed by atoms with Crippen LogP contribution in [0.2, 0.25) is 0 Å². The van der Waals surface area contributed by atoms with Crippen molar-refractivity contribution < 1.29 is 9.53 Å². The first-order valence-electron chi connectivity index (χ1n) is 17.0. The standard InChI is InChI=1S/C39H48N4O2/c1-27-11-10-14-34(28(27)2)37(38(44)45-4)41-22-19-39(20-23-41,30-12-6-5-7-13-30)21-24-42-31-17-18-32(42)26-33(25-31)43-29(3)40-35-15-8-9-16-36(35)43/h5-16,31-33,37H,17-26H2,1-4H3. The number of ether oxygens (including phenoxy) is 1. The number of hydrogen-bond acceptors (Lipinski definition) is 5. The number of hydrogen-bond donors (Lipinski definition) is 0. The third kappa shape index (κ3) is 5.50. The Kier molecular flexibility index (Phi) is 8.30. The highest BCUT2D eigenvalue weighted by Crippen LogP contribution is 2.46. The fourth-order valence-corrected chi connectivity index (χ4v) is 9.13. The molecule has 0 aliphatic carbocycles. The summed E-state index contributed by atoms with van der Waals surface area (Å²) in [5, 5.41) is 0. The zero-order valence-corrected chi connectivity index (χ0v) is 27.4. The number of likely N-dealkylation sites (tertiary alicyclic amines) is 1. The number of rotatable bonds is 8. The van der Waals surface area contributed by atoms with Crippen molar-refractivity contribution in [1.82, 2.24) is 19.4 Å². The molecule has 3 aliphatic heterocycles. The molecule has 6 nitrogen and oxygen atoms in total. The van der Waals surface area contributed by atoms with E-state index in [1.54, 1.807) is 0 Å². The van der Waals surface area contributed by atoms with E-state index in [4.69, 9.17) is 9.72 Å². The van der Waals surface area contributed by atoms with Gasteiger partial charge in [-0.1, -0.05) is 60.7 Å². The number of piperidine rings is 2. The van der Waals surface area contributed by atoms with Gasteiger partial charge in [-0.15, -0.1) is 0 Å². The summed E-state index contributed by atoms with van der Waals surface area (Å²) < 4.78 is 7.92. The molecule has 4 aromatic rings. The third-order valence-corrected chi connectivity index (χ3v) is 11.7. The first kappa shape index (κ1) is 30.2. The molecule has 0 saturated carbocycles. The average molecular weight is 605 g/mol. The summed E-state index contributed by atoms with van der Waals surface area (Å²) in [6.07, 6.45) is 8.26. The summed E-state index contributed by atoms with van der Waals surface area (Å²) in [4.78, 5) is 23.4. The Labute approximate surface area is 268 Å². The van der Waals surface area contributed by atoms with Gasteiger partial charge in [0.25, 0.3) is 0 Å². The lowest BCUT2D eigenvalue weighted by molar-refractivity contribution is -0.148. The van der Waals surface area contributed by atoms with Gasteiger partial charge in [-0.3, -0.25) is 9.80 Å². The van der Waals surface area contributed by atoms with Gasteiger partial charge in [0.2, 0.25) is 0 Å². The minimum atomic E-state index is -0.360.